The van der Waals surface area contributed by atoms with Crippen LogP contribution in [0, 0.1) is 11.7 Å². The summed E-state index contributed by atoms with van der Waals surface area (Å²) in [4.78, 5) is 14.9. The van der Waals surface area contributed by atoms with E-state index < -0.39 is 0 Å². The second kappa shape index (κ2) is 8.93. The Morgan fingerprint density at radius 3 is 2.54 bits per heavy atom. The van der Waals surface area contributed by atoms with Crippen molar-refractivity contribution in [1.82, 2.24) is 10.2 Å². The first-order chi connectivity index (χ1) is 12.5. The number of amides is 1. The lowest BCUT2D eigenvalue weighted by Gasteiger charge is -2.35. The molecular formula is C20H30FN3O2. The van der Waals surface area contributed by atoms with Crippen molar-refractivity contribution in [3.8, 4) is 0 Å². The molecule has 3 rings (SSSR count). The Morgan fingerprint density at radius 2 is 1.92 bits per heavy atom. The predicted octanol–water partition coefficient (Wildman–Crippen LogP) is 2.05. The monoisotopic (exact) mass is 363 g/mol. The number of hydrogen-bond donors (Lipinski definition) is 2. The first-order valence-corrected chi connectivity index (χ1v) is 9.60. The molecule has 3 N–H and O–H groups in total. The Balaban J connectivity index is 1.41. The first-order valence-electron chi connectivity index (χ1n) is 9.60. The van der Waals surface area contributed by atoms with Gasteiger partial charge < -0.3 is 15.8 Å². The topological polar surface area (TPSA) is 67.6 Å². The van der Waals surface area contributed by atoms with Crippen molar-refractivity contribution in [3.05, 3.63) is 35.6 Å². The molecule has 1 amide bonds. The van der Waals surface area contributed by atoms with Crippen LogP contribution in [-0.4, -0.2) is 49.2 Å². The molecule has 0 unspecified atom stereocenters. The van der Waals surface area contributed by atoms with Crippen molar-refractivity contribution >= 4 is 5.91 Å². The summed E-state index contributed by atoms with van der Waals surface area (Å²) in [6.07, 6.45) is 4.38. The maximum atomic E-state index is 13.0. The van der Waals surface area contributed by atoms with Crippen LogP contribution in [0.1, 0.15) is 37.7 Å². The molecule has 5 nitrogen and oxygen atoms in total. The molecule has 0 bridgehead atoms. The zero-order valence-electron chi connectivity index (χ0n) is 15.5. The molecule has 144 valence electrons. The van der Waals surface area contributed by atoms with Gasteiger partial charge in [-0.1, -0.05) is 12.1 Å². The SMILES string of the molecule is CO[C@@H]1CC[C@H](C(=O)NC2CCN(Cc3ccc(F)cc3)CC2)C[C@H]1N. The standard InChI is InChI=1S/C20H30FN3O2/c1-26-19-7-4-15(12-18(19)22)20(25)23-17-8-10-24(11-9-17)13-14-2-5-16(21)6-3-14/h2-3,5-6,15,17-19H,4,7-13,22H2,1H3,(H,23,25)/t15-,18+,19+/m0/s1. The van der Waals surface area contributed by atoms with Crippen LogP contribution in [0.3, 0.4) is 0 Å². The van der Waals surface area contributed by atoms with Crippen molar-refractivity contribution in [2.45, 2.75) is 56.8 Å². The molecule has 1 saturated heterocycles. The minimum atomic E-state index is -0.200. The van der Waals surface area contributed by atoms with E-state index in [1.54, 1.807) is 7.11 Å². The van der Waals surface area contributed by atoms with E-state index in [1.165, 1.54) is 12.1 Å². The normalized spacial score (nSPS) is 28.0. The number of nitrogens with zero attached hydrogens (tertiary/aromatic N) is 1. The fourth-order valence-corrected chi connectivity index (χ4v) is 4.11. The van der Waals surface area contributed by atoms with E-state index in [9.17, 15) is 9.18 Å². The van der Waals surface area contributed by atoms with Crippen LogP contribution in [0.2, 0.25) is 0 Å². The van der Waals surface area contributed by atoms with Gasteiger partial charge in [0, 0.05) is 44.7 Å². The van der Waals surface area contributed by atoms with Crippen LogP contribution >= 0.6 is 0 Å². The number of rotatable bonds is 5. The van der Waals surface area contributed by atoms with Crippen LogP contribution in [0.15, 0.2) is 24.3 Å². The maximum absolute atomic E-state index is 13.0. The summed E-state index contributed by atoms with van der Waals surface area (Å²) in [6.45, 7) is 2.72. The lowest BCUT2D eigenvalue weighted by Crippen LogP contribution is -2.49. The number of ether oxygens (including phenoxy) is 1. The smallest absolute Gasteiger partial charge is 0.223 e. The van der Waals surface area contributed by atoms with Gasteiger partial charge in [-0.25, -0.2) is 4.39 Å². The number of hydrogen-bond acceptors (Lipinski definition) is 4. The number of piperidine rings is 1. The van der Waals surface area contributed by atoms with Crippen LogP contribution in [0.4, 0.5) is 4.39 Å². The van der Waals surface area contributed by atoms with Crippen LogP contribution in [0.25, 0.3) is 0 Å². The number of likely N-dealkylation sites (tertiary alicyclic amines) is 1. The Bertz CT molecular complexity index is 587. The van der Waals surface area contributed by atoms with Gasteiger partial charge in [0.1, 0.15) is 5.82 Å². The van der Waals surface area contributed by atoms with Crippen LogP contribution in [0.5, 0.6) is 0 Å². The average molecular weight is 363 g/mol. The molecule has 1 aliphatic carbocycles. The zero-order chi connectivity index (χ0) is 18.5. The van der Waals surface area contributed by atoms with E-state index in [-0.39, 0.29) is 35.8 Å². The summed E-state index contributed by atoms with van der Waals surface area (Å²) >= 11 is 0. The highest BCUT2D eigenvalue weighted by molar-refractivity contribution is 5.79. The van der Waals surface area contributed by atoms with Gasteiger partial charge in [0.25, 0.3) is 0 Å². The third kappa shape index (κ3) is 5.02. The molecular weight excluding hydrogens is 333 g/mol. The van der Waals surface area contributed by atoms with E-state index in [2.05, 4.69) is 10.2 Å². The van der Waals surface area contributed by atoms with Gasteiger partial charge in [-0.15, -0.1) is 0 Å². The van der Waals surface area contributed by atoms with Gasteiger partial charge in [-0.05, 0) is 49.8 Å². The molecule has 1 aromatic carbocycles. The van der Waals surface area contributed by atoms with E-state index in [1.807, 2.05) is 12.1 Å². The highest BCUT2D eigenvalue weighted by Gasteiger charge is 2.33. The second-order valence-electron chi connectivity index (χ2n) is 7.63. The largest absolute Gasteiger partial charge is 0.380 e. The highest BCUT2D eigenvalue weighted by Crippen LogP contribution is 2.26. The van der Waals surface area contributed by atoms with Gasteiger partial charge >= 0.3 is 0 Å². The maximum Gasteiger partial charge on any atom is 0.223 e. The average Bonchev–Trinajstić information content (AvgIpc) is 2.65. The van der Waals surface area contributed by atoms with Crippen molar-refractivity contribution in [2.75, 3.05) is 20.2 Å². The highest BCUT2D eigenvalue weighted by atomic mass is 19.1. The van der Waals surface area contributed by atoms with Gasteiger partial charge in [0.05, 0.1) is 6.10 Å². The number of carbonyl (C=O) groups is 1. The zero-order valence-corrected chi connectivity index (χ0v) is 15.5. The Morgan fingerprint density at radius 1 is 1.23 bits per heavy atom. The fraction of sp³-hybridized carbons (Fsp3) is 0.650. The Labute approximate surface area is 155 Å². The van der Waals surface area contributed by atoms with Gasteiger partial charge in [0.2, 0.25) is 5.91 Å². The Hall–Kier alpha value is -1.50. The van der Waals surface area contributed by atoms with E-state index in [0.717, 1.165) is 50.9 Å². The number of nitrogens with one attached hydrogen (secondary N) is 1. The number of nitrogens with two attached hydrogens (primary N) is 1. The number of methoxy groups -OCH3 is 1. The minimum absolute atomic E-state index is 0.00800. The van der Waals surface area contributed by atoms with Crippen molar-refractivity contribution in [1.29, 1.82) is 0 Å². The molecule has 1 saturated carbocycles. The molecule has 0 spiro atoms. The first kappa shape index (κ1) is 19.3. The number of carbonyl (C=O) groups excluding carboxylic acids is 1. The lowest BCUT2D eigenvalue weighted by atomic mass is 9.83. The summed E-state index contributed by atoms with van der Waals surface area (Å²) in [7, 11) is 1.69. The molecule has 26 heavy (non-hydrogen) atoms. The number of halogens is 1. The summed E-state index contributed by atoms with van der Waals surface area (Å²) in [5, 5.41) is 3.22. The van der Waals surface area contributed by atoms with Gasteiger partial charge in [-0.2, -0.15) is 0 Å². The molecule has 1 aliphatic heterocycles. The third-order valence-corrected chi connectivity index (χ3v) is 5.76. The molecule has 3 atom stereocenters. The third-order valence-electron chi connectivity index (χ3n) is 5.76. The quantitative estimate of drug-likeness (QED) is 0.840. The molecule has 2 fully saturated rings. The van der Waals surface area contributed by atoms with Crippen molar-refractivity contribution < 1.29 is 13.9 Å². The van der Waals surface area contributed by atoms with Crippen LogP contribution in [-0.2, 0) is 16.1 Å². The Kier molecular flexibility index (Phi) is 6.62. The van der Waals surface area contributed by atoms with E-state index in [4.69, 9.17) is 10.5 Å². The molecule has 1 heterocycles. The number of benzene rings is 1. The molecule has 6 heteroatoms. The second-order valence-corrected chi connectivity index (χ2v) is 7.63. The van der Waals surface area contributed by atoms with Gasteiger partial charge in [0.15, 0.2) is 0 Å². The molecule has 0 aromatic heterocycles. The minimum Gasteiger partial charge on any atom is -0.380 e. The van der Waals surface area contributed by atoms with E-state index >= 15 is 0 Å². The molecule has 0 radical (unpaired) electrons. The van der Waals surface area contributed by atoms with Crippen molar-refractivity contribution in [3.63, 3.8) is 0 Å². The van der Waals surface area contributed by atoms with Crippen LogP contribution < -0.4 is 11.1 Å². The molecule has 2 aliphatic rings. The summed E-state index contributed by atoms with van der Waals surface area (Å²) < 4.78 is 18.4. The van der Waals surface area contributed by atoms with Gasteiger partial charge in [-0.3, -0.25) is 9.69 Å². The summed E-state index contributed by atoms with van der Waals surface area (Å²) in [6, 6.07) is 6.87. The lowest BCUT2D eigenvalue weighted by molar-refractivity contribution is -0.128. The summed E-state index contributed by atoms with van der Waals surface area (Å²) in [5.41, 5.74) is 7.24. The summed E-state index contributed by atoms with van der Waals surface area (Å²) in [5.74, 6) is -0.0462. The fourth-order valence-electron chi connectivity index (χ4n) is 4.11. The predicted molar refractivity (Wildman–Crippen MR) is 99.0 cm³/mol. The van der Waals surface area contributed by atoms with E-state index in [0.29, 0.717) is 6.42 Å². The van der Waals surface area contributed by atoms with Crippen molar-refractivity contribution in [2.24, 2.45) is 11.7 Å². The molecule has 1 aromatic rings.